The standard InChI is InChI=1S/C9H20.3ClH.2H3N/c1-5-6-7-8-9(2,3)4;;;;;/h5-8H2,1-4H3;3*1H;2*1H3. The molecule has 0 aliphatic carbocycles. The molecular formula is C9H29Cl3N2. The highest BCUT2D eigenvalue weighted by Crippen LogP contribution is 2.21. The Morgan fingerprint density at radius 2 is 1.21 bits per heavy atom. The minimum atomic E-state index is 0. The van der Waals surface area contributed by atoms with Gasteiger partial charge in [0.15, 0.2) is 0 Å². The van der Waals surface area contributed by atoms with E-state index in [1.165, 1.54) is 25.7 Å². The maximum atomic E-state index is 2.31. The number of unbranched alkanes of at least 4 members (excludes halogenated alkanes) is 2. The van der Waals surface area contributed by atoms with Crippen molar-refractivity contribution >= 4 is 12.4 Å². The zero-order valence-electron chi connectivity index (χ0n) is 10.5. The van der Waals surface area contributed by atoms with Gasteiger partial charge in [-0.25, -0.2) is 0 Å². The first-order valence-corrected chi connectivity index (χ1v) is 4.06. The molecule has 8 N–H and O–H groups in total. The normalized spacial score (nSPS) is 7.71. The van der Waals surface area contributed by atoms with Gasteiger partial charge in [-0.2, -0.15) is 0 Å². The number of rotatable bonds is 3. The van der Waals surface area contributed by atoms with E-state index < -0.39 is 0 Å². The zero-order valence-corrected chi connectivity index (χ0v) is 12.8. The van der Waals surface area contributed by atoms with Crippen LogP contribution in [0.5, 0.6) is 0 Å². The molecule has 0 heterocycles. The summed E-state index contributed by atoms with van der Waals surface area (Å²) in [4.78, 5) is 0. The summed E-state index contributed by atoms with van der Waals surface area (Å²) in [6, 6.07) is 0. The van der Waals surface area contributed by atoms with Crippen LogP contribution in [0.3, 0.4) is 0 Å². The van der Waals surface area contributed by atoms with E-state index in [1.54, 1.807) is 0 Å². The Bertz CT molecular complexity index is 74.9. The monoisotopic (exact) mass is 270 g/mol. The molecular weight excluding hydrogens is 242 g/mol. The molecule has 96 valence electrons. The summed E-state index contributed by atoms with van der Waals surface area (Å²) in [6.45, 7) is 9.18. The Labute approximate surface area is 108 Å². The SMILES string of the molecule is CCCCCC(C)(C)C.Cl.[Cl-].[Cl-].[NH4+].[NH4+]. The minimum absolute atomic E-state index is 0. The van der Waals surface area contributed by atoms with Gasteiger partial charge in [0, 0.05) is 0 Å². The van der Waals surface area contributed by atoms with Gasteiger partial charge in [-0.05, 0) is 11.8 Å². The van der Waals surface area contributed by atoms with E-state index in [-0.39, 0.29) is 49.5 Å². The van der Waals surface area contributed by atoms with Crippen molar-refractivity contribution in [3.63, 3.8) is 0 Å². The van der Waals surface area contributed by atoms with Crippen LogP contribution in [-0.2, 0) is 0 Å². The molecule has 14 heavy (non-hydrogen) atoms. The van der Waals surface area contributed by atoms with Crippen molar-refractivity contribution in [3.8, 4) is 0 Å². The highest BCUT2D eigenvalue weighted by atomic mass is 35.5. The summed E-state index contributed by atoms with van der Waals surface area (Å²) in [6.07, 6.45) is 5.52. The first-order valence-electron chi connectivity index (χ1n) is 4.06. The van der Waals surface area contributed by atoms with Crippen LogP contribution in [0.15, 0.2) is 0 Å². The molecule has 0 aromatic rings. The molecule has 0 rings (SSSR count). The van der Waals surface area contributed by atoms with Crippen molar-refractivity contribution < 1.29 is 24.8 Å². The van der Waals surface area contributed by atoms with Gasteiger partial charge in [0.1, 0.15) is 0 Å². The van der Waals surface area contributed by atoms with Gasteiger partial charge in [-0.3, -0.25) is 0 Å². The van der Waals surface area contributed by atoms with Gasteiger partial charge < -0.3 is 37.1 Å². The summed E-state index contributed by atoms with van der Waals surface area (Å²) in [7, 11) is 0. The molecule has 5 heteroatoms. The van der Waals surface area contributed by atoms with Crippen LogP contribution < -0.4 is 37.1 Å². The lowest BCUT2D eigenvalue weighted by Crippen LogP contribution is -3.00. The summed E-state index contributed by atoms with van der Waals surface area (Å²) in [5, 5.41) is 0. The molecule has 0 aliphatic heterocycles. The molecule has 0 bridgehead atoms. The number of quaternary nitrogens is 2. The number of halogens is 3. The molecule has 0 fully saturated rings. The molecule has 0 atom stereocenters. The van der Waals surface area contributed by atoms with Crippen molar-refractivity contribution in [2.24, 2.45) is 5.41 Å². The summed E-state index contributed by atoms with van der Waals surface area (Å²) < 4.78 is 0. The molecule has 0 radical (unpaired) electrons. The molecule has 0 spiro atoms. The Balaban J connectivity index is -0.0000000320. The van der Waals surface area contributed by atoms with E-state index in [2.05, 4.69) is 27.7 Å². The van der Waals surface area contributed by atoms with Gasteiger partial charge >= 0.3 is 0 Å². The van der Waals surface area contributed by atoms with Crippen LogP contribution in [0.25, 0.3) is 0 Å². The molecule has 0 unspecified atom stereocenters. The Morgan fingerprint density at radius 3 is 1.43 bits per heavy atom. The smallest absolute Gasteiger partial charge is 0.0383 e. The fourth-order valence-corrected chi connectivity index (χ4v) is 0.905. The van der Waals surface area contributed by atoms with Crippen LogP contribution in [-0.4, -0.2) is 0 Å². The second-order valence-corrected chi connectivity index (χ2v) is 4.02. The van der Waals surface area contributed by atoms with E-state index in [1.807, 2.05) is 0 Å². The maximum absolute atomic E-state index is 2.31. The highest BCUT2D eigenvalue weighted by Gasteiger charge is 2.07. The average Bonchev–Trinajstić information content (AvgIpc) is 1.63. The van der Waals surface area contributed by atoms with Crippen molar-refractivity contribution in [1.29, 1.82) is 0 Å². The summed E-state index contributed by atoms with van der Waals surface area (Å²) >= 11 is 0. The van der Waals surface area contributed by atoms with Crippen molar-refractivity contribution in [3.05, 3.63) is 0 Å². The molecule has 0 aliphatic rings. The third kappa shape index (κ3) is 38.6. The molecule has 2 nitrogen and oxygen atoms in total. The Kier molecular flexibility index (Phi) is 50.4. The topological polar surface area (TPSA) is 73.0 Å². The van der Waals surface area contributed by atoms with Gasteiger partial charge in [-0.15, -0.1) is 12.4 Å². The van der Waals surface area contributed by atoms with Gasteiger partial charge in [0.05, 0.1) is 0 Å². The molecule has 0 saturated carbocycles. The van der Waals surface area contributed by atoms with E-state index in [0.29, 0.717) is 5.41 Å². The number of hydrogen-bond acceptors (Lipinski definition) is 0. The molecule has 0 aromatic carbocycles. The lowest BCUT2D eigenvalue weighted by atomic mass is 9.90. The lowest BCUT2D eigenvalue weighted by molar-refractivity contribution is -0.00100. The van der Waals surface area contributed by atoms with Crippen LogP contribution >= 0.6 is 12.4 Å². The fraction of sp³-hybridized carbons (Fsp3) is 1.00. The van der Waals surface area contributed by atoms with E-state index in [0.717, 1.165) is 0 Å². The fourth-order valence-electron chi connectivity index (χ4n) is 0.905. The average molecular weight is 272 g/mol. The Morgan fingerprint density at radius 1 is 0.857 bits per heavy atom. The van der Waals surface area contributed by atoms with Crippen LogP contribution in [0.4, 0.5) is 0 Å². The molecule has 0 aromatic heterocycles. The predicted molar refractivity (Wildman–Crippen MR) is 62.8 cm³/mol. The molecule has 0 saturated heterocycles. The summed E-state index contributed by atoms with van der Waals surface area (Å²) in [5.74, 6) is 0. The van der Waals surface area contributed by atoms with E-state index >= 15 is 0 Å². The molecule has 0 amide bonds. The summed E-state index contributed by atoms with van der Waals surface area (Å²) in [5.41, 5.74) is 0.551. The first kappa shape index (κ1) is 36.4. The Hall–Kier alpha value is 0.790. The van der Waals surface area contributed by atoms with E-state index in [4.69, 9.17) is 0 Å². The van der Waals surface area contributed by atoms with Crippen LogP contribution in [0, 0.1) is 5.41 Å². The van der Waals surface area contributed by atoms with Gasteiger partial charge in [-0.1, -0.05) is 47.0 Å². The minimum Gasteiger partial charge on any atom is -1.00 e. The third-order valence-electron chi connectivity index (χ3n) is 1.53. The second-order valence-electron chi connectivity index (χ2n) is 4.02. The van der Waals surface area contributed by atoms with Crippen LogP contribution in [0.2, 0.25) is 0 Å². The number of hydrogen-bond donors (Lipinski definition) is 2. The zero-order chi connectivity index (χ0) is 7.33. The maximum Gasteiger partial charge on any atom is -0.0383 e. The quantitative estimate of drug-likeness (QED) is 0.605. The van der Waals surface area contributed by atoms with Crippen LogP contribution in [0.1, 0.15) is 53.4 Å². The lowest BCUT2D eigenvalue weighted by Gasteiger charge is -2.16. The first-order chi connectivity index (χ1) is 4.06. The van der Waals surface area contributed by atoms with Gasteiger partial charge in [0.25, 0.3) is 0 Å². The van der Waals surface area contributed by atoms with E-state index in [9.17, 15) is 0 Å². The highest BCUT2D eigenvalue weighted by molar-refractivity contribution is 5.85. The van der Waals surface area contributed by atoms with Crippen molar-refractivity contribution in [2.75, 3.05) is 0 Å². The van der Waals surface area contributed by atoms with Crippen molar-refractivity contribution in [1.82, 2.24) is 12.3 Å². The second kappa shape index (κ2) is 19.4. The largest absolute Gasteiger partial charge is 1.00 e. The van der Waals surface area contributed by atoms with Gasteiger partial charge in [0.2, 0.25) is 0 Å². The van der Waals surface area contributed by atoms with Crippen molar-refractivity contribution in [2.45, 2.75) is 53.4 Å². The third-order valence-corrected chi connectivity index (χ3v) is 1.53. The predicted octanol–water partition coefficient (Wildman–Crippen LogP) is -1.20.